The smallest absolute Gasteiger partial charge is 0.293 e. The molecule has 0 saturated heterocycles. The fourth-order valence-corrected chi connectivity index (χ4v) is 3.67. The Morgan fingerprint density at radius 3 is 2.80 bits per heavy atom. The van der Waals surface area contributed by atoms with Crippen LogP contribution in [-0.4, -0.2) is 34.7 Å². The van der Waals surface area contributed by atoms with E-state index in [4.69, 9.17) is 15.9 Å². The molecule has 0 spiro atoms. The number of hydrogen-bond donors (Lipinski definition) is 3. The molecule has 0 fully saturated rings. The second kappa shape index (κ2) is 7.13. The Kier molecular flexibility index (Phi) is 4.73. The number of anilines is 2. The van der Waals surface area contributed by atoms with Crippen molar-refractivity contribution in [3.63, 3.8) is 0 Å². The minimum atomic E-state index is -0.931. The molecule has 1 aliphatic heterocycles. The summed E-state index contributed by atoms with van der Waals surface area (Å²) < 4.78 is 6.46. The Hall–Kier alpha value is -3.40. The minimum absolute atomic E-state index is 0.0180. The van der Waals surface area contributed by atoms with E-state index in [1.807, 2.05) is 0 Å². The van der Waals surface area contributed by atoms with Gasteiger partial charge in [-0.1, -0.05) is 15.9 Å². The molecule has 154 valence electrons. The maximum atomic E-state index is 12.8. The third-order valence-electron chi connectivity index (χ3n) is 5.04. The van der Waals surface area contributed by atoms with Gasteiger partial charge in [0.1, 0.15) is 11.1 Å². The predicted molar refractivity (Wildman–Crippen MR) is 117 cm³/mol. The van der Waals surface area contributed by atoms with Gasteiger partial charge in [-0.05, 0) is 37.3 Å². The predicted octanol–water partition coefficient (Wildman–Crippen LogP) is 2.82. The molecule has 30 heavy (non-hydrogen) atoms. The first-order valence-corrected chi connectivity index (χ1v) is 9.84. The third kappa shape index (κ3) is 3.39. The summed E-state index contributed by atoms with van der Waals surface area (Å²) in [7, 11) is 1.57. The normalized spacial score (nSPS) is 19.1. The van der Waals surface area contributed by atoms with Crippen molar-refractivity contribution in [1.29, 1.82) is 0 Å². The van der Waals surface area contributed by atoms with Gasteiger partial charge in [0, 0.05) is 28.8 Å². The Balaban J connectivity index is 1.63. The number of nitrogens with zero attached hydrogens (tertiary/aromatic N) is 3. The minimum Gasteiger partial charge on any atom is -0.449 e. The monoisotopic (exact) mass is 470 g/mol. The molecule has 10 heteroatoms. The van der Waals surface area contributed by atoms with Gasteiger partial charge in [-0.3, -0.25) is 19.5 Å². The molecule has 0 radical (unpaired) electrons. The van der Waals surface area contributed by atoms with Crippen LogP contribution in [0, 0.1) is 0 Å². The first-order valence-electron chi connectivity index (χ1n) is 9.05. The van der Waals surface area contributed by atoms with Crippen molar-refractivity contribution in [3.05, 3.63) is 52.5 Å². The zero-order valence-electron chi connectivity index (χ0n) is 16.3. The summed E-state index contributed by atoms with van der Waals surface area (Å²) in [6.07, 6.45) is 1.64. The number of hydrogen-bond acceptors (Lipinski definition) is 7. The number of furan rings is 1. The summed E-state index contributed by atoms with van der Waals surface area (Å²) in [6, 6.07) is 8.61. The van der Waals surface area contributed by atoms with Crippen LogP contribution < -0.4 is 16.8 Å². The standard InChI is InChI=1S/C20H19BrN6O3/c1-20(9-15(28)27(2)19(23)26-20)14-8-11(5-6-24-14)25-18(29)17-16(22)12-7-10(21)3-4-13(12)30-17/h3-8H,9,22H2,1-2H3,(H2,23,26)(H,24,25,29). The van der Waals surface area contributed by atoms with Crippen molar-refractivity contribution < 1.29 is 14.0 Å². The number of fused-ring (bicyclic) bond motifs is 1. The fourth-order valence-electron chi connectivity index (χ4n) is 3.30. The summed E-state index contributed by atoms with van der Waals surface area (Å²) in [6.45, 7) is 1.77. The SMILES string of the molecule is CN1C(=O)CC(C)(c2cc(NC(=O)c3oc4ccc(Br)cc4c3N)ccn2)N=C1N. The molecule has 0 saturated carbocycles. The first kappa shape index (κ1) is 19.9. The van der Waals surface area contributed by atoms with Crippen LogP contribution in [0.1, 0.15) is 29.6 Å². The molecule has 5 N–H and O–H groups in total. The zero-order chi connectivity index (χ0) is 21.6. The van der Waals surface area contributed by atoms with E-state index in [1.165, 1.54) is 11.1 Å². The van der Waals surface area contributed by atoms with Crippen LogP contribution in [0.15, 0.2) is 50.4 Å². The molecule has 0 bridgehead atoms. The number of nitrogens with one attached hydrogen (secondary N) is 1. The van der Waals surface area contributed by atoms with Crippen molar-refractivity contribution in [2.45, 2.75) is 18.9 Å². The third-order valence-corrected chi connectivity index (χ3v) is 5.53. The Morgan fingerprint density at radius 2 is 2.07 bits per heavy atom. The van der Waals surface area contributed by atoms with Crippen LogP contribution in [0.4, 0.5) is 11.4 Å². The topological polar surface area (TPSA) is 140 Å². The number of carbonyl (C=O) groups is 2. The lowest BCUT2D eigenvalue weighted by atomic mass is 9.91. The molecule has 2 amide bonds. The van der Waals surface area contributed by atoms with Gasteiger partial charge < -0.3 is 21.2 Å². The number of carbonyl (C=O) groups excluding carboxylic acids is 2. The van der Waals surface area contributed by atoms with Gasteiger partial charge >= 0.3 is 0 Å². The molecular weight excluding hydrogens is 452 g/mol. The van der Waals surface area contributed by atoms with Crippen LogP contribution in [0.2, 0.25) is 0 Å². The zero-order valence-corrected chi connectivity index (χ0v) is 17.9. The number of nitrogen functional groups attached to an aromatic ring is 1. The summed E-state index contributed by atoms with van der Waals surface area (Å²) >= 11 is 3.38. The Labute approximate surface area is 180 Å². The number of benzene rings is 1. The highest BCUT2D eigenvalue weighted by Gasteiger charge is 2.37. The second-order valence-electron chi connectivity index (χ2n) is 7.24. The molecule has 1 aromatic carbocycles. The van der Waals surface area contributed by atoms with Gasteiger partial charge in [0.05, 0.1) is 17.8 Å². The van der Waals surface area contributed by atoms with E-state index in [9.17, 15) is 9.59 Å². The van der Waals surface area contributed by atoms with E-state index in [1.54, 1.807) is 44.3 Å². The summed E-state index contributed by atoms with van der Waals surface area (Å²) in [4.78, 5) is 35.1. The van der Waals surface area contributed by atoms with Crippen LogP contribution in [0.5, 0.6) is 0 Å². The van der Waals surface area contributed by atoms with Crippen molar-refractivity contribution >= 4 is 56.0 Å². The van der Waals surface area contributed by atoms with E-state index in [2.05, 4.69) is 31.2 Å². The molecule has 3 heterocycles. The Morgan fingerprint density at radius 1 is 1.30 bits per heavy atom. The molecular formula is C20H19BrN6O3. The molecule has 1 aliphatic rings. The maximum absolute atomic E-state index is 12.8. The van der Waals surface area contributed by atoms with Crippen LogP contribution in [0.25, 0.3) is 11.0 Å². The number of rotatable bonds is 3. The number of aromatic nitrogens is 1. The van der Waals surface area contributed by atoms with E-state index in [0.29, 0.717) is 22.4 Å². The molecule has 1 atom stereocenters. The van der Waals surface area contributed by atoms with Crippen LogP contribution in [0.3, 0.4) is 0 Å². The number of aliphatic imine (C=N–C) groups is 1. The summed E-state index contributed by atoms with van der Waals surface area (Å²) in [5.41, 5.74) is 12.8. The lowest BCUT2D eigenvalue weighted by molar-refractivity contribution is -0.128. The fraction of sp³-hybridized carbons (Fsp3) is 0.200. The van der Waals surface area contributed by atoms with Crippen molar-refractivity contribution in [3.8, 4) is 0 Å². The highest BCUT2D eigenvalue weighted by atomic mass is 79.9. The van der Waals surface area contributed by atoms with Crippen LogP contribution >= 0.6 is 15.9 Å². The van der Waals surface area contributed by atoms with E-state index >= 15 is 0 Å². The van der Waals surface area contributed by atoms with E-state index < -0.39 is 11.4 Å². The maximum Gasteiger partial charge on any atom is 0.293 e. The van der Waals surface area contributed by atoms with Crippen molar-refractivity contribution in [2.24, 2.45) is 10.7 Å². The second-order valence-corrected chi connectivity index (χ2v) is 8.16. The van der Waals surface area contributed by atoms with Crippen molar-refractivity contribution in [1.82, 2.24) is 9.88 Å². The quantitative estimate of drug-likeness (QED) is 0.537. The summed E-state index contributed by atoms with van der Waals surface area (Å²) in [5.74, 6) is -0.525. The Bertz CT molecular complexity index is 1220. The molecule has 3 aromatic rings. The molecule has 1 unspecified atom stereocenters. The average molecular weight is 471 g/mol. The number of guanidine groups is 1. The van der Waals surface area contributed by atoms with Crippen molar-refractivity contribution in [2.75, 3.05) is 18.1 Å². The van der Waals surface area contributed by atoms with Gasteiger partial charge in [0.25, 0.3) is 5.91 Å². The molecule has 0 aliphatic carbocycles. The first-order chi connectivity index (χ1) is 14.2. The lowest BCUT2D eigenvalue weighted by Crippen LogP contribution is -2.47. The highest BCUT2D eigenvalue weighted by Crippen LogP contribution is 2.34. The van der Waals surface area contributed by atoms with Gasteiger partial charge in [-0.25, -0.2) is 4.99 Å². The van der Waals surface area contributed by atoms with Gasteiger partial charge in [0.15, 0.2) is 5.96 Å². The van der Waals surface area contributed by atoms with Crippen LogP contribution in [-0.2, 0) is 10.3 Å². The lowest BCUT2D eigenvalue weighted by Gasteiger charge is -2.32. The number of pyridine rings is 1. The molecule has 9 nitrogen and oxygen atoms in total. The van der Waals surface area contributed by atoms with Gasteiger partial charge in [-0.15, -0.1) is 0 Å². The van der Waals surface area contributed by atoms with Gasteiger partial charge in [0.2, 0.25) is 11.7 Å². The molecule has 4 rings (SSSR count). The molecule has 2 aromatic heterocycles. The number of amides is 2. The largest absolute Gasteiger partial charge is 0.449 e. The average Bonchev–Trinajstić information content (AvgIpc) is 3.02. The highest BCUT2D eigenvalue weighted by molar-refractivity contribution is 9.10. The van der Waals surface area contributed by atoms with Gasteiger partial charge in [-0.2, -0.15) is 0 Å². The number of halogens is 1. The summed E-state index contributed by atoms with van der Waals surface area (Å²) in [5, 5.41) is 3.41. The van der Waals surface area contributed by atoms with E-state index in [-0.39, 0.29) is 29.7 Å². The number of nitrogens with two attached hydrogens (primary N) is 2. The van der Waals surface area contributed by atoms with E-state index in [0.717, 1.165) is 4.47 Å².